The summed E-state index contributed by atoms with van der Waals surface area (Å²) >= 11 is 0. The van der Waals surface area contributed by atoms with Crippen molar-refractivity contribution in [3.8, 4) is 0 Å². The minimum Gasteiger partial charge on any atom is -0.325 e. The largest absolute Gasteiger partial charge is 0.325 e. The molecule has 6 nitrogen and oxygen atoms in total. The monoisotopic (exact) mass is 261 g/mol. The first-order valence-corrected chi connectivity index (χ1v) is 5.98. The van der Waals surface area contributed by atoms with Crippen molar-refractivity contribution in [1.82, 2.24) is 4.90 Å². The number of amides is 3. The number of nitrogens with one attached hydrogen (secondary N) is 1. The third-order valence-electron chi connectivity index (χ3n) is 3.13. The Morgan fingerprint density at radius 1 is 1.32 bits per heavy atom. The number of anilines is 1. The van der Waals surface area contributed by atoms with E-state index in [-0.39, 0.29) is 17.7 Å². The highest BCUT2D eigenvalue weighted by atomic mass is 16.2. The zero-order valence-electron chi connectivity index (χ0n) is 10.8. The summed E-state index contributed by atoms with van der Waals surface area (Å²) in [5, 5.41) is 2.63. The van der Waals surface area contributed by atoms with E-state index in [0.29, 0.717) is 23.2 Å². The molecule has 3 amide bonds. The lowest BCUT2D eigenvalue weighted by molar-refractivity contribution is -0.117. The summed E-state index contributed by atoms with van der Waals surface area (Å²) in [6.07, 6.45) is 0.525. The Morgan fingerprint density at radius 3 is 2.58 bits per heavy atom. The van der Waals surface area contributed by atoms with Crippen LogP contribution in [-0.4, -0.2) is 35.7 Å². The number of nitrogens with zero attached hydrogens (tertiary/aromatic N) is 1. The molecule has 1 atom stereocenters. The molecule has 0 saturated carbocycles. The number of rotatable bonds is 3. The number of carbonyl (C=O) groups excluding carboxylic acids is 3. The van der Waals surface area contributed by atoms with Crippen LogP contribution in [0.4, 0.5) is 5.69 Å². The molecule has 1 aromatic rings. The quantitative estimate of drug-likeness (QED) is 0.779. The van der Waals surface area contributed by atoms with Crippen LogP contribution >= 0.6 is 0 Å². The molecule has 6 heteroatoms. The summed E-state index contributed by atoms with van der Waals surface area (Å²) < 4.78 is 0. The van der Waals surface area contributed by atoms with E-state index in [1.807, 2.05) is 6.92 Å². The highest BCUT2D eigenvalue weighted by Crippen LogP contribution is 2.24. The standard InChI is InChI=1S/C13H15N3O3/c1-3-10(14)11(17)15-7-4-5-8-9(6-7)13(19)16(2)12(8)18/h4-6,10H,3,14H2,1-2H3,(H,15,17)/t10-/m0/s1. The minimum absolute atomic E-state index is 0.301. The molecule has 100 valence electrons. The maximum atomic E-state index is 11.8. The van der Waals surface area contributed by atoms with Gasteiger partial charge in [-0.15, -0.1) is 0 Å². The Kier molecular flexibility index (Phi) is 3.35. The normalized spacial score (nSPS) is 15.4. The molecule has 0 bridgehead atoms. The van der Waals surface area contributed by atoms with Crippen molar-refractivity contribution in [2.45, 2.75) is 19.4 Å². The summed E-state index contributed by atoms with van der Waals surface area (Å²) in [5.41, 5.74) is 6.72. The summed E-state index contributed by atoms with van der Waals surface area (Å²) in [6.45, 7) is 1.81. The fourth-order valence-corrected chi connectivity index (χ4v) is 1.86. The Morgan fingerprint density at radius 2 is 1.95 bits per heavy atom. The second-order valence-corrected chi connectivity index (χ2v) is 4.43. The maximum Gasteiger partial charge on any atom is 0.261 e. The van der Waals surface area contributed by atoms with E-state index in [0.717, 1.165) is 4.90 Å². The zero-order chi connectivity index (χ0) is 14.2. The van der Waals surface area contributed by atoms with Gasteiger partial charge in [0.15, 0.2) is 0 Å². The van der Waals surface area contributed by atoms with Crippen molar-refractivity contribution in [2.75, 3.05) is 12.4 Å². The van der Waals surface area contributed by atoms with E-state index >= 15 is 0 Å². The first-order valence-electron chi connectivity index (χ1n) is 5.98. The van der Waals surface area contributed by atoms with Crippen molar-refractivity contribution < 1.29 is 14.4 Å². The number of fused-ring (bicyclic) bond motifs is 1. The van der Waals surface area contributed by atoms with Crippen molar-refractivity contribution in [2.24, 2.45) is 5.73 Å². The smallest absolute Gasteiger partial charge is 0.261 e. The van der Waals surface area contributed by atoms with Gasteiger partial charge >= 0.3 is 0 Å². The van der Waals surface area contributed by atoms with Gasteiger partial charge < -0.3 is 11.1 Å². The van der Waals surface area contributed by atoms with E-state index in [4.69, 9.17) is 5.73 Å². The van der Waals surface area contributed by atoms with E-state index in [9.17, 15) is 14.4 Å². The summed E-state index contributed by atoms with van der Waals surface area (Å²) in [7, 11) is 1.43. The molecule has 0 aromatic heterocycles. The van der Waals surface area contributed by atoms with Crippen molar-refractivity contribution in [1.29, 1.82) is 0 Å². The first kappa shape index (κ1) is 13.2. The van der Waals surface area contributed by atoms with Crippen molar-refractivity contribution >= 4 is 23.4 Å². The SMILES string of the molecule is CC[C@H](N)C(=O)Nc1ccc2c(c1)C(=O)N(C)C2=O. The molecule has 0 aliphatic carbocycles. The van der Waals surface area contributed by atoms with Crippen LogP contribution in [0.3, 0.4) is 0 Å². The van der Waals surface area contributed by atoms with Gasteiger partial charge in [-0.05, 0) is 24.6 Å². The van der Waals surface area contributed by atoms with Gasteiger partial charge in [0, 0.05) is 12.7 Å². The summed E-state index contributed by atoms with van der Waals surface area (Å²) in [5.74, 6) is -1.01. The van der Waals surface area contributed by atoms with Gasteiger partial charge in [-0.1, -0.05) is 6.92 Å². The van der Waals surface area contributed by atoms with Gasteiger partial charge in [-0.2, -0.15) is 0 Å². The molecular weight excluding hydrogens is 246 g/mol. The average molecular weight is 261 g/mol. The molecule has 1 aliphatic rings. The van der Waals surface area contributed by atoms with Crippen LogP contribution < -0.4 is 11.1 Å². The van der Waals surface area contributed by atoms with Crippen LogP contribution in [0.1, 0.15) is 34.1 Å². The number of carbonyl (C=O) groups is 3. The van der Waals surface area contributed by atoms with Crippen LogP contribution in [0, 0.1) is 0 Å². The lowest BCUT2D eigenvalue weighted by atomic mass is 10.1. The summed E-state index contributed by atoms with van der Waals surface area (Å²) in [4.78, 5) is 36.2. The molecule has 1 heterocycles. The van der Waals surface area contributed by atoms with Crippen molar-refractivity contribution in [3.05, 3.63) is 29.3 Å². The zero-order valence-corrected chi connectivity index (χ0v) is 10.8. The number of imide groups is 1. The van der Waals surface area contributed by atoms with Crippen LogP contribution in [0.5, 0.6) is 0 Å². The molecule has 2 rings (SSSR count). The Balaban J connectivity index is 2.26. The number of hydrogen-bond donors (Lipinski definition) is 2. The van der Waals surface area contributed by atoms with Gasteiger partial charge in [0.2, 0.25) is 5.91 Å². The van der Waals surface area contributed by atoms with Gasteiger partial charge in [0.05, 0.1) is 17.2 Å². The molecule has 0 radical (unpaired) electrons. The predicted molar refractivity (Wildman–Crippen MR) is 69.8 cm³/mol. The van der Waals surface area contributed by atoms with Gasteiger partial charge in [0.25, 0.3) is 11.8 Å². The minimum atomic E-state index is -0.590. The molecule has 1 aliphatic heterocycles. The molecule has 0 fully saturated rings. The van der Waals surface area contributed by atoms with Crippen LogP contribution in [0.2, 0.25) is 0 Å². The maximum absolute atomic E-state index is 11.8. The molecule has 0 saturated heterocycles. The summed E-state index contributed by atoms with van der Waals surface area (Å²) in [6, 6.07) is 4.03. The highest BCUT2D eigenvalue weighted by molar-refractivity contribution is 6.21. The second kappa shape index (κ2) is 4.81. The fourth-order valence-electron chi connectivity index (χ4n) is 1.86. The number of benzene rings is 1. The second-order valence-electron chi connectivity index (χ2n) is 4.43. The number of hydrogen-bond acceptors (Lipinski definition) is 4. The lowest BCUT2D eigenvalue weighted by Gasteiger charge is -2.10. The highest BCUT2D eigenvalue weighted by Gasteiger charge is 2.32. The molecule has 1 aromatic carbocycles. The molecule has 0 unspecified atom stereocenters. The van der Waals surface area contributed by atoms with E-state index in [1.54, 1.807) is 6.07 Å². The topological polar surface area (TPSA) is 92.5 Å². The van der Waals surface area contributed by atoms with Crippen LogP contribution in [0.15, 0.2) is 18.2 Å². The van der Waals surface area contributed by atoms with Gasteiger partial charge in [-0.25, -0.2) is 0 Å². The van der Waals surface area contributed by atoms with Crippen LogP contribution in [-0.2, 0) is 4.79 Å². The van der Waals surface area contributed by atoms with Crippen LogP contribution in [0.25, 0.3) is 0 Å². The van der Waals surface area contributed by atoms with Gasteiger partial charge in [-0.3, -0.25) is 19.3 Å². The fraction of sp³-hybridized carbons (Fsp3) is 0.308. The third kappa shape index (κ3) is 2.22. The average Bonchev–Trinajstić information content (AvgIpc) is 2.63. The Hall–Kier alpha value is -2.21. The third-order valence-corrected chi connectivity index (χ3v) is 3.13. The first-order chi connectivity index (χ1) is 8.95. The van der Waals surface area contributed by atoms with Crippen molar-refractivity contribution in [3.63, 3.8) is 0 Å². The number of nitrogens with two attached hydrogens (primary N) is 1. The Bertz CT molecular complexity index is 568. The predicted octanol–water partition coefficient (Wildman–Crippen LogP) is 0.588. The van der Waals surface area contributed by atoms with Gasteiger partial charge in [0.1, 0.15) is 0 Å². The molecular formula is C13H15N3O3. The molecule has 19 heavy (non-hydrogen) atoms. The van der Waals surface area contributed by atoms with E-state index in [1.165, 1.54) is 19.2 Å². The van der Waals surface area contributed by atoms with E-state index < -0.39 is 6.04 Å². The lowest BCUT2D eigenvalue weighted by Crippen LogP contribution is -2.34. The Labute approximate surface area is 110 Å². The molecule has 3 N–H and O–H groups in total. The van der Waals surface area contributed by atoms with E-state index in [2.05, 4.69) is 5.32 Å². The molecule has 0 spiro atoms.